The molecule has 0 saturated heterocycles. The van der Waals surface area contributed by atoms with Crippen molar-refractivity contribution in [3.63, 3.8) is 0 Å². The van der Waals surface area contributed by atoms with Gasteiger partial charge in [0.1, 0.15) is 0 Å². The van der Waals surface area contributed by atoms with Crippen molar-refractivity contribution in [3.8, 4) is 0 Å². The van der Waals surface area contributed by atoms with E-state index >= 15 is 0 Å². The Morgan fingerprint density at radius 2 is 1.47 bits per heavy atom. The fourth-order valence-corrected chi connectivity index (χ4v) is 3.96. The lowest BCUT2D eigenvalue weighted by molar-refractivity contribution is 0.174. The molecule has 0 fully saturated rings. The van der Waals surface area contributed by atoms with Gasteiger partial charge in [-0.3, -0.25) is 0 Å². The molecule has 0 heterocycles. The summed E-state index contributed by atoms with van der Waals surface area (Å²) in [7, 11) is 0. The predicted octanol–water partition coefficient (Wildman–Crippen LogP) is 3.52. The van der Waals surface area contributed by atoms with Crippen molar-refractivity contribution in [2.24, 2.45) is 23.3 Å². The molecule has 0 aromatic heterocycles. The highest BCUT2D eigenvalue weighted by Gasteiger charge is 2.43. The SMILES string of the molecule is CC1=CC(C(N)(C(C)N)C2C=C(C)CCC2)CCC1. The van der Waals surface area contributed by atoms with Crippen LogP contribution in [0.2, 0.25) is 0 Å². The second-order valence-electron chi connectivity index (χ2n) is 6.81. The highest BCUT2D eigenvalue weighted by molar-refractivity contribution is 5.20. The van der Waals surface area contributed by atoms with Crippen molar-refractivity contribution in [2.45, 2.75) is 70.9 Å². The number of hydrogen-bond acceptors (Lipinski definition) is 2. The van der Waals surface area contributed by atoms with Gasteiger partial charge in [-0.1, -0.05) is 23.3 Å². The van der Waals surface area contributed by atoms with Crippen LogP contribution in [-0.2, 0) is 0 Å². The van der Waals surface area contributed by atoms with Crippen LogP contribution in [0.5, 0.6) is 0 Å². The molecule has 19 heavy (non-hydrogen) atoms. The third-order valence-corrected chi connectivity index (χ3v) is 5.22. The summed E-state index contributed by atoms with van der Waals surface area (Å²) in [5.41, 5.74) is 15.9. The van der Waals surface area contributed by atoms with Gasteiger partial charge >= 0.3 is 0 Å². The second-order valence-corrected chi connectivity index (χ2v) is 6.81. The van der Waals surface area contributed by atoms with Crippen molar-refractivity contribution in [3.05, 3.63) is 23.3 Å². The molecule has 4 N–H and O–H groups in total. The zero-order valence-corrected chi connectivity index (χ0v) is 12.8. The maximum atomic E-state index is 6.90. The molecule has 0 radical (unpaired) electrons. The average Bonchev–Trinajstić information content (AvgIpc) is 2.37. The van der Waals surface area contributed by atoms with Gasteiger partial charge in [0.05, 0.1) is 0 Å². The molecule has 3 unspecified atom stereocenters. The van der Waals surface area contributed by atoms with E-state index in [-0.39, 0.29) is 11.6 Å². The zero-order chi connectivity index (χ0) is 14.0. The van der Waals surface area contributed by atoms with E-state index in [4.69, 9.17) is 11.5 Å². The molecule has 2 nitrogen and oxygen atoms in total. The van der Waals surface area contributed by atoms with Gasteiger partial charge in [0, 0.05) is 11.6 Å². The number of rotatable bonds is 3. The molecule has 0 aromatic carbocycles. The monoisotopic (exact) mass is 262 g/mol. The summed E-state index contributed by atoms with van der Waals surface area (Å²) in [6.07, 6.45) is 12.2. The third-order valence-electron chi connectivity index (χ3n) is 5.22. The second kappa shape index (κ2) is 5.80. The third kappa shape index (κ3) is 2.95. The van der Waals surface area contributed by atoms with Crippen molar-refractivity contribution < 1.29 is 0 Å². The lowest BCUT2D eigenvalue weighted by Gasteiger charge is -2.47. The molecule has 2 aliphatic carbocycles. The van der Waals surface area contributed by atoms with Gasteiger partial charge in [-0.25, -0.2) is 0 Å². The van der Waals surface area contributed by atoms with Crippen LogP contribution in [0.3, 0.4) is 0 Å². The molecule has 0 saturated carbocycles. The average molecular weight is 262 g/mol. The summed E-state index contributed by atoms with van der Waals surface area (Å²) in [6.45, 7) is 6.56. The fourth-order valence-electron chi connectivity index (χ4n) is 3.96. The van der Waals surface area contributed by atoms with Crippen LogP contribution >= 0.6 is 0 Å². The Balaban J connectivity index is 2.32. The smallest absolute Gasteiger partial charge is 0.0432 e. The molecule has 2 aliphatic rings. The van der Waals surface area contributed by atoms with E-state index in [0.29, 0.717) is 11.8 Å². The van der Waals surface area contributed by atoms with Gasteiger partial charge < -0.3 is 11.5 Å². The van der Waals surface area contributed by atoms with Crippen LogP contribution in [0.1, 0.15) is 59.3 Å². The van der Waals surface area contributed by atoms with Crippen molar-refractivity contribution >= 4 is 0 Å². The highest BCUT2D eigenvalue weighted by atomic mass is 14.9. The summed E-state index contributed by atoms with van der Waals surface area (Å²) in [4.78, 5) is 0. The molecule has 0 spiro atoms. The first-order valence-corrected chi connectivity index (χ1v) is 7.83. The Morgan fingerprint density at radius 3 is 1.79 bits per heavy atom. The van der Waals surface area contributed by atoms with Gasteiger partial charge in [-0.05, 0) is 71.1 Å². The Hall–Kier alpha value is -0.600. The van der Waals surface area contributed by atoms with Crippen LogP contribution < -0.4 is 11.5 Å². The van der Waals surface area contributed by atoms with E-state index in [2.05, 4.69) is 32.9 Å². The summed E-state index contributed by atoms with van der Waals surface area (Å²) < 4.78 is 0. The molecule has 3 atom stereocenters. The van der Waals surface area contributed by atoms with Crippen LogP contribution in [-0.4, -0.2) is 11.6 Å². The largest absolute Gasteiger partial charge is 0.326 e. The van der Waals surface area contributed by atoms with Crippen LogP contribution in [0, 0.1) is 11.8 Å². The van der Waals surface area contributed by atoms with Gasteiger partial charge in [0.25, 0.3) is 0 Å². The maximum Gasteiger partial charge on any atom is 0.0432 e. The molecular weight excluding hydrogens is 232 g/mol. The first kappa shape index (κ1) is 14.8. The van der Waals surface area contributed by atoms with Gasteiger partial charge in [0.2, 0.25) is 0 Å². The Bertz CT molecular complexity index is 349. The zero-order valence-electron chi connectivity index (χ0n) is 12.8. The van der Waals surface area contributed by atoms with Gasteiger partial charge in [-0.2, -0.15) is 0 Å². The van der Waals surface area contributed by atoms with E-state index in [0.717, 1.165) is 0 Å². The molecule has 0 bridgehead atoms. The van der Waals surface area contributed by atoms with Crippen LogP contribution in [0.25, 0.3) is 0 Å². The number of allylic oxidation sites excluding steroid dienone is 2. The van der Waals surface area contributed by atoms with Crippen LogP contribution in [0.4, 0.5) is 0 Å². The normalized spacial score (nSPS) is 33.1. The van der Waals surface area contributed by atoms with E-state index in [1.165, 1.54) is 49.7 Å². The predicted molar refractivity (Wildman–Crippen MR) is 82.8 cm³/mol. The quantitative estimate of drug-likeness (QED) is 0.765. The molecule has 2 heteroatoms. The lowest BCUT2D eigenvalue weighted by atomic mass is 9.64. The fraction of sp³-hybridized carbons (Fsp3) is 0.765. The Kier molecular flexibility index (Phi) is 4.52. The minimum atomic E-state index is -0.274. The molecule has 0 amide bonds. The van der Waals surface area contributed by atoms with E-state index in [1.807, 2.05) is 0 Å². The lowest BCUT2D eigenvalue weighted by Crippen LogP contribution is -2.63. The molecule has 108 valence electrons. The summed E-state index contributed by atoms with van der Waals surface area (Å²) >= 11 is 0. The first-order valence-electron chi connectivity index (χ1n) is 7.83. The van der Waals surface area contributed by atoms with Crippen molar-refractivity contribution in [2.75, 3.05) is 0 Å². The molecule has 2 rings (SSSR count). The summed E-state index contributed by atoms with van der Waals surface area (Å²) in [5, 5.41) is 0. The van der Waals surface area contributed by atoms with E-state index in [9.17, 15) is 0 Å². The number of nitrogens with two attached hydrogens (primary N) is 2. The van der Waals surface area contributed by atoms with Crippen molar-refractivity contribution in [1.29, 1.82) is 0 Å². The standard InChI is InChI=1S/C17H30N2/c1-12-6-4-8-15(10-12)17(19,14(3)18)16-9-5-7-13(2)11-16/h10-11,14-16H,4-9,18-19H2,1-3H3. The summed E-state index contributed by atoms with van der Waals surface area (Å²) in [6, 6.07) is 0.0341. The molecule has 0 aromatic rings. The minimum absolute atomic E-state index is 0.0341. The van der Waals surface area contributed by atoms with Gasteiger partial charge in [0.15, 0.2) is 0 Å². The Labute approximate surface area is 118 Å². The molecular formula is C17H30N2. The first-order chi connectivity index (χ1) is 8.94. The van der Waals surface area contributed by atoms with Crippen molar-refractivity contribution in [1.82, 2.24) is 0 Å². The topological polar surface area (TPSA) is 52.0 Å². The molecule has 0 aliphatic heterocycles. The van der Waals surface area contributed by atoms with E-state index < -0.39 is 0 Å². The van der Waals surface area contributed by atoms with E-state index in [1.54, 1.807) is 0 Å². The highest BCUT2D eigenvalue weighted by Crippen LogP contribution is 2.40. The number of hydrogen-bond donors (Lipinski definition) is 2. The minimum Gasteiger partial charge on any atom is -0.326 e. The summed E-state index contributed by atoms with van der Waals surface area (Å²) in [5.74, 6) is 0.877. The van der Waals surface area contributed by atoms with Crippen LogP contribution in [0.15, 0.2) is 23.3 Å². The van der Waals surface area contributed by atoms with Gasteiger partial charge in [-0.15, -0.1) is 0 Å². The maximum absolute atomic E-state index is 6.90. The Morgan fingerprint density at radius 1 is 1.05 bits per heavy atom.